The summed E-state index contributed by atoms with van der Waals surface area (Å²) in [6.07, 6.45) is 7.66. The Morgan fingerprint density at radius 2 is 2.54 bits per heavy atom. The van der Waals surface area contributed by atoms with Crippen molar-refractivity contribution in [1.82, 2.24) is 10.3 Å². The van der Waals surface area contributed by atoms with Crippen molar-refractivity contribution in [2.75, 3.05) is 7.11 Å². The molecule has 0 aromatic rings. The maximum Gasteiger partial charge on any atom is 0.252 e. The Kier molecular flexibility index (Phi) is 1.77. The van der Waals surface area contributed by atoms with E-state index in [1.807, 2.05) is 29.3 Å². The van der Waals surface area contributed by atoms with Crippen molar-refractivity contribution < 1.29 is 4.74 Å². The Balaban J connectivity index is 2.20. The molecule has 0 saturated carbocycles. The lowest BCUT2D eigenvalue weighted by Crippen LogP contribution is -2.38. The summed E-state index contributed by atoms with van der Waals surface area (Å²) in [5.74, 6) is 0.572. The molecule has 0 fully saturated rings. The first-order chi connectivity index (χ1) is 6.33. The van der Waals surface area contributed by atoms with Crippen molar-refractivity contribution >= 4 is 11.7 Å². The number of fused-ring (bicyclic) bond motifs is 1. The van der Waals surface area contributed by atoms with Crippen molar-refractivity contribution in [2.24, 2.45) is 5.10 Å². The molecule has 0 spiro atoms. The lowest BCUT2D eigenvalue weighted by Gasteiger charge is -2.22. The zero-order chi connectivity index (χ0) is 9.26. The van der Waals surface area contributed by atoms with Gasteiger partial charge in [-0.2, -0.15) is 5.10 Å². The van der Waals surface area contributed by atoms with Crippen molar-refractivity contribution in [1.29, 1.82) is 5.41 Å². The molecular weight excluding hydrogens is 168 g/mol. The highest BCUT2D eigenvalue weighted by Crippen LogP contribution is 2.12. The molecule has 2 aliphatic heterocycles. The summed E-state index contributed by atoms with van der Waals surface area (Å²) in [5, 5.41) is 11.5. The van der Waals surface area contributed by atoms with Gasteiger partial charge < -0.3 is 9.64 Å². The summed E-state index contributed by atoms with van der Waals surface area (Å²) in [6, 6.07) is 0. The van der Waals surface area contributed by atoms with Crippen molar-refractivity contribution in [3.63, 3.8) is 0 Å². The number of allylic oxidation sites excluding steroid dienone is 2. The van der Waals surface area contributed by atoms with Crippen molar-refractivity contribution in [3.05, 3.63) is 24.4 Å². The largest absolute Gasteiger partial charge is 0.479 e. The van der Waals surface area contributed by atoms with Gasteiger partial charge in [-0.3, -0.25) is 10.8 Å². The first kappa shape index (κ1) is 7.85. The van der Waals surface area contributed by atoms with E-state index in [0.717, 1.165) is 0 Å². The molecule has 0 saturated heterocycles. The fourth-order valence-corrected chi connectivity index (χ4v) is 1.25. The number of hydrogen-bond donors (Lipinski definition) is 2. The van der Waals surface area contributed by atoms with Gasteiger partial charge in [0.25, 0.3) is 5.90 Å². The number of hydrazone groups is 1. The van der Waals surface area contributed by atoms with Crippen LogP contribution in [0.2, 0.25) is 0 Å². The van der Waals surface area contributed by atoms with Crippen LogP contribution in [0.25, 0.3) is 0 Å². The van der Waals surface area contributed by atoms with E-state index in [0.29, 0.717) is 5.84 Å². The van der Waals surface area contributed by atoms with Crippen LogP contribution in [0.5, 0.6) is 0 Å². The third-order valence-electron chi connectivity index (χ3n) is 1.91. The monoisotopic (exact) mass is 178 g/mol. The maximum absolute atomic E-state index is 7.46. The van der Waals surface area contributed by atoms with E-state index >= 15 is 0 Å². The lowest BCUT2D eigenvalue weighted by atomic mass is 10.3. The van der Waals surface area contributed by atoms with Crippen LogP contribution in [0.4, 0.5) is 0 Å². The number of methoxy groups -OCH3 is 1. The first-order valence-corrected chi connectivity index (χ1v) is 3.92. The minimum atomic E-state index is 0.0236. The fourth-order valence-electron chi connectivity index (χ4n) is 1.25. The average Bonchev–Trinajstić information content (AvgIpc) is 2.60. The van der Waals surface area contributed by atoms with E-state index in [1.165, 1.54) is 7.11 Å². The van der Waals surface area contributed by atoms with E-state index in [-0.39, 0.29) is 12.1 Å². The standard InChI is InChI=1S/C8H10N4O/c1-13-7(9)8-11-10-6-4-2-3-5-12(6)8/h2-6,9-10H,1H3. The highest BCUT2D eigenvalue weighted by Gasteiger charge is 2.28. The number of hydrogen-bond acceptors (Lipinski definition) is 5. The molecular formula is C8H10N4O. The van der Waals surface area contributed by atoms with Crippen LogP contribution in [-0.4, -0.2) is 29.9 Å². The molecule has 5 heteroatoms. The Morgan fingerprint density at radius 1 is 1.69 bits per heavy atom. The normalized spacial score (nSPS) is 23.6. The molecule has 2 heterocycles. The molecule has 0 amide bonds. The number of nitrogens with one attached hydrogen (secondary N) is 2. The van der Waals surface area contributed by atoms with Crippen LogP contribution in [0.3, 0.4) is 0 Å². The van der Waals surface area contributed by atoms with Gasteiger partial charge >= 0.3 is 0 Å². The molecule has 1 unspecified atom stereocenters. The summed E-state index contributed by atoms with van der Waals surface area (Å²) < 4.78 is 4.80. The molecule has 5 nitrogen and oxygen atoms in total. The van der Waals surface area contributed by atoms with Crippen LogP contribution in [0.1, 0.15) is 0 Å². The molecule has 2 N–H and O–H groups in total. The topological polar surface area (TPSA) is 60.7 Å². The lowest BCUT2D eigenvalue weighted by molar-refractivity contribution is 0.395. The van der Waals surface area contributed by atoms with E-state index in [1.54, 1.807) is 0 Å². The maximum atomic E-state index is 7.46. The van der Waals surface area contributed by atoms with E-state index < -0.39 is 0 Å². The Bertz CT molecular complexity index is 318. The summed E-state index contributed by atoms with van der Waals surface area (Å²) in [4.78, 5) is 1.84. The minimum Gasteiger partial charge on any atom is -0.479 e. The minimum absolute atomic E-state index is 0.0236. The van der Waals surface area contributed by atoms with E-state index in [9.17, 15) is 0 Å². The number of nitrogens with zero attached hydrogens (tertiary/aromatic N) is 2. The molecule has 0 bridgehead atoms. The zero-order valence-electron chi connectivity index (χ0n) is 7.19. The smallest absolute Gasteiger partial charge is 0.252 e. The second-order valence-corrected chi connectivity index (χ2v) is 2.68. The highest BCUT2D eigenvalue weighted by atomic mass is 16.5. The van der Waals surface area contributed by atoms with E-state index in [2.05, 4.69) is 10.5 Å². The van der Waals surface area contributed by atoms with Crippen LogP contribution >= 0.6 is 0 Å². The summed E-state index contributed by atoms with van der Waals surface area (Å²) in [6.45, 7) is 0. The van der Waals surface area contributed by atoms with Crippen LogP contribution < -0.4 is 5.43 Å². The number of amidine groups is 1. The molecule has 2 rings (SSSR count). The fraction of sp³-hybridized carbons (Fsp3) is 0.250. The number of ether oxygens (including phenoxy) is 1. The second-order valence-electron chi connectivity index (χ2n) is 2.68. The molecule has 0 aromatic carbocycles. The third-order valence-corrected chi connectivity index (χ3v) is 1.91. The number of rotatable bonds is 1. The predicted octanol–water partition coefficient (Wildman–Crippen LogP) is 0.238. The van der Waals surface area contributed by atoms with Crippen LogP contribution in [-0.2, 0) is 4.74 Å². The van der Waals surface area contributed by atoms with Gasteiger partial charge in [0.05, 0.1) is 7.11 Å². The molecule has 0 aliphatic carbocycles. The summed E-state index contributed by atoms with van der Waals surface area (Å²) in [5.41, 5.74) is 2.88. The molecule has 13 heavy (non-hydrogen) atoms. The molecule has 1 atom stereocenters. The van der Waals surface area contributed by atoms with Crippen LogP contribution in [0, 0.1) is 5.41 Å². The van der Waals surface area contributed by atoms with Gasteiger partial charge in [-0.05, 0) is 12.2 Å². The van der Waals surface area contributed by atoms with Gasteiger partial charge in [-0.15, -0.1) is 0 Å². The van der Waals surface area contributed by atoms with Gasteiger partial charge in [-0.1, -0.05) is 6.08 Å². The SMILES string of the molecule is COC(=N)C1=NNC2C=CC=CN12. The Hall–Kier alpha value is -1.78. The summed E-state index contributed by atoms with van der Waals surface area (Å²) >= 11 is 0. The molecule has 0 aromatic heterocycles. The van der Waals surface area contributed by atoms with Crippen molar-refractivity contribution in [2.45, 2.75) is 6.17 Å². The molecule has 2 aliphatic rings. The quantitative estimate of drug-likeness (QED) is 0.446. The van der Waals surface area contributed by atoms with Crippen LogP contribution in [0.15, 0.2) is 29.5 Å². The van der Waals surface area contributed by atoms with Gasteiger partial charge in [0.1, 0.15) is 6.17 Å². The van der Waals surface area contributed by atoms with E-state index in [4.69, 9.17) is 10.1 Å². The van der Waals surface area contributed by atoms with Gasteiger partial charge in [-0.25, -0.2) is 0 Å². The molecule has 68 valence electrons. The average molecular weight is 178 g/mol. The zero-order valence-corrected chi connectivity index (χ0v) is 7.19. The van der Waals surface area contributed by atoms with Gasteiger partial charge in [0.15, 0.2) is 0 Å². The third kappa shape index (κ3) is 1.18. The van der Waals surface area contributed by atoms with Crippen molar-refractivity contribution in [3.8, 4) is 0 Å². The summed E-state index contributed by atoms with van der Waals surface area (Å²) in [7, 11) is 1.46. The first-order valence-electron chi connectivity index (χ1n) is 3.92. The van der Waals surface area contributed by atoms with Gasteiger partial charge in [0, 0.05) is 6.20 Å². The van der Waals surface area contributed by atoms with Gasteiger partial charge in [0.2, 0.25) is 5.84 Å². The highest BCUT2D eigenvalue weighted by molar-refractivity contribution is 6.37. The molecule has 0 radical (unpaired) electrons. The Morgan fingerprint density at radius 3 is 3.31 bits per heavy atom. The Labute approximate surface area is 75.9 Å². The predicted molar refractivity (Wildman–Crippen MR) is 49.2 cm³/mol. The second kappa shape index (κ2) is 2.93.